The highest BCUT2D eigenvalue weighted by Gasteiger charge is 2.11. The number of dihydropyridines is 1. The Kier molecular flexibility index (Phi) is 2.23. The molecule has 0 amide bonds. The molecular weight excluding hydrogens is 162 g/mol. The van der Waals surface area contributed by atoms with Crippen molar-refractivity contribution in [2.24, 2.45) is 4.99 Å². The standard InChI is InChI=1S/C7H7NO4/c9-6(10)4-2-1-3-5(8-4)7(11)12/h1-2,5H,3H2,(H,9,10)(H,11,12)/p-2/t5-/m0/s1. The molecular formula is C7H5NO4-2. The van der Waals surface area contributed by atoms with Crippen LogP contribution in [0.15, 0.2) is 17.1 Å². The first-order valence-electron chi connectivity index (χ1n) is 3.28. The van der Waals surface area contributed by atoms with Crippen LogP contribution in [0, 0.1) is 0 Å². The van der Waals surface area contributed by atoms with Crippen LogP contribution in [-0.2, 0) is 9.59 Å². The van der Waals surface area contributed by atoms with Gasteiger partial charge in [-0.15, -0.1) is 0 Å². The number of rotatable bonds is 2. The van der Waals surface area contributed by atoms with Crippen LogP contribution in [0.2, 0.25) is 0 Å². The topological polar surface area (TPSA) is 92.6 Å². The SMILES string of the molecule is O=C([O-])C1=N[C@H](C(=O)[O-])CC=C1. The maximum Gasteiger partial charge on any atom is 0.0935 e. The second kappa shape index (κ2) is 3.17. The molecule has 5 heteroatoms. The highest BCUT2D eigenvalue weighted by atomic mass is 16.4. The summed E-state index contributed by atoms with van der Waals surface area (Å²) in [5, 5.41) is 20.5. The van der Waals surface area contributed by atoms with Crippen molar-refractivity contribution < 1.29 is 19.8 Å². The molecule has 1 heterocycles. The molecule has 0 saturated heterocycles. The molecule has 0 aromatic rings. The minimum Gasteiger partial charge on any atom is -0.548 e. The fraction of sp³-hybridized carbons (Fsp3) is 0.286. The maximum absolute atomic E-state index is 10.3. The Balaban J connectivity index is 2.82. The van der Waals surface area contributed by atoms with Crippen molar-refractivity contribution in [3.8, 4) is 0 Å². The van der Waals surface area contributed by atoms with Gasteiger partial charge in [0.1, 0.15) is 0 Å². The highest BCUT2D eigenvalue weighted by Crippen LogP contribution is 2.05. The van der Waals surface area contributed by atoms with Crippen molar-refractivity contribution in [2.75, 3.05) is 0 Å². The Morgan fingerprint density at radius 3 is 2.67 bits per heavy atom. The molecule has 1 aliphatic heterocycles. The third-order valence-corrected chi connectivity index (χ3v) is 1.41. The van der Waals surface area contributed by atoms with Crippen molar-refractivity contribution in [2.45, 2.75) is 12.5 Å². The number of hydrogen-bond donors (Lipinski definition) is 0. The summed E-state index contributed by atoms with van der Waals surface area (Å²) < 4.78 is 0. The molecule has 0 radical (unpaired) electrons. The summed E-state index contributed by atoms with van der Waals surface area (Å²) in [5.74, 6) is -2.85. The van der Waals surface area contributed by atoms with Gasteiger partial charge in [-0.2, -0.15) is 0 Å². The maximum atomic E-state index is 10.3. The fourth-order valence-electron chi connectivity index (χ4n) is 0.842. The van der Waals surface area contributed by atoms with E-state index < -0.39 is 18.0 Å². The summed E-state index contributed by atoms with van der Waals surface area (Å²) in [6.45, 7) is 0. The van der Waals surface area contributed by atoms with Gasteiger partial charge in [0, 0.05) is 0 Å². The molecule has 0 aromatic heterocycles. The van der Waals surface area contributed by atoms with Crippen molar-refractivity contribution in [1.29, 1.82) is 0 Å². The zero-order valence-corrected chi connectivity index (χ0v) is 6.02. The third-order valence-electron chi connectivity index (χ3n) is 1.41. The van der Waals surface area contributed by atoms with Crippen molar-refractivity contribution in [3.63, 3.8) is 0 Å². The number of aliphatic carboxylic acids is 2. The Bertz CT molecular complexity index is 279. The molecule has 0 fully saturated rings. The van der Waals surface area contributed by atoms with E-state index in [0.29, 0.717) is 0 Å². The van der Waals surface area contributed by atoms with Crippen molar-refractivity contribution >= 4 is 17.7 Å². The summed E-state index contributed by atoms with van der Waals surface area (Å²) in [5.41, 5.74) is -0.351. The fourth-order valence-corrected chi connectivity index (χ4v) is 0.842. The van der Waals surface area contributed by atoms with Gasteiger partial charge in [-0.3, -0.25) is 4.99 Å². The molecule has 12 heavy (non-hydrogen) atoms. The van der Waals surface area contributed by atoms with Crippen LogP contribution in [0.5, 0.6) is 0 Å². The molecule has 0 aromatic carbocycles. The molecule has 1 atom stereocenters. The molecule has 0 spiro atoms. The number of aliphatic imine (C=N–C) groups is 1. The minimum absolute atomic E-state index is 0.166. The van der Waals surface area contributed by atoms with Crippen molar-refractivity contribution in [1.82, 2.24) is 0 Å². The zero-order chi connectivity index (χ0) is 9.14. The van der Waals surface area contributed by atoms with E-state index in [2.05, 4.69) is 4.99 Å². The summed E-state index contributed by atoms with van der Waals surface area (Å²) in [4.78, 5) is 23.9. The van der Waals surface area contributed by atoms with E-state index in [4.69, 9.17) is 0 Å². The van der Waals surface area contributed by atoms with Gasteiger partial charge in [-0.1, -0.05) is 6.08 Å². The number of nitrogens with zero attached hydrogens (tertiary/aromatic N) is 1. The summed E-state index contributed by atoms with van der Waals surface area (Å²) >= 11 is 0. The number of carbonyl (C=O) groups is 2. The average Bonchev–Trinajstić information content (AvgIpc) is 2.04. The summed E-state index contributed by atoms with van der Waals surface area (Å²) in [6, 6.07) is -1.09. The molecule has 0 aliphatic carbocycles. The number of carboxylic acids is 2. The van der Waals surface area contributed by atoms with Crippen molar-refractivity contribution in [3.05, 3.63) is 12.2 Å². The van der Waals surface area contributed by atoms with Crippen LogP contribution in [0.25, 0.3) is 0 Å². The van der Waals surface area contributed by atoms with E-state index in [1.807, 2.05) is 0 Å². The van der Waals surface area contributed by atoms with E-state index in [0.717, 1.165) is 0 Å². The first-order chi connectivity index (χ1) is 5.61. The van der Waals surface area contributed by atoms with E-state index in [-0.39, 0.29) is 12.1 Å². The summed E-state index contributed by atoms with van der Waals surface area (Å²) in [6.07, 6.45) is 2.80. The Labute approximate surface area is 68.0 Å². The molecule has 1 rings (SSSR count). The molecule has 0 saturated carbocycles. The average molecular weight is 167 g/mol. The third kappa shape index (κ3) is 1.69. The molecule has 5 nitrogen and oxygen atoms in total. The number of carbonyl (C=O) groups excluding carboxylic acids is 2. The molecule has 64 valence electrons. The number of hydrogen-bond acceptors (Lipinski definition) is 5. The van der Waals surface area contributed by atoms with Gasteiger partial charge in [-0.25, -0.2) is 0 Å². The second-order valence-corrected chi connectivity index (χ2v) is 2.27. The quantitative estimate of drug-likeness (QED) is 0.445. The Morgan fingerprint density at radius 2 is 2.17 bits per heavy atom. The van der Waals surface area contributed by atoms with Crippen LogP contribution < -0.4 is 10.2 Å². The van der Waals surface area contributed by atoms with Gasteiger partial charge < -0.3 is 19.8 Å². The smallest absolute Gasteiger partial charge is 0.0935 e. The lowest BCUT2D eigenvalue weighted by atomic mass is 10.1. The van der Waals surface area contributed by atoms with E-state index in [1.165, 1.54) is 12.2 Å². The first-order valence-corrected chi connectivity index (χ1v) is 3.28. The summed E-state index contributed by atoms with van der Waals surface area (Å²) in [7, 11) is 0. The van der Waals surface area contributed by atoms with Gasteiger partial charge in [0.2, 0.25) is 0 Å². The second-order valence-electron chi connectivity index (χ2n) is 2.27. The normalized spacial score (nSPS) is 21.7. The molecule has 0 bridgehead atoms. The van der Waals surface area contributed by atoms with Gasteiger partial charge in [-0.05, 0) is 12.5 Å². The van der Waals surface area contributed by atoms with Crippen LogP contribution in [0.1, 0.15) is 6.42 Å². The highest BCUT2D eigenvalue weighted by molar-refractivity contribution is 6.39. The van der Waals surface area contributed by atoms with Gasteiger partial charge >= 0.3 is 0 Å². The Morgan fingerprint density at radius 1 is 1.50 bits per heavy atom. The number of carboxylic acid groups (broad SMARTS) is 2. The van der Waals surface area contributed by atoms with Gasteiger partial charge in [0.25, 0.3) is 0 Å². The van der Waals surface area contributed by atoms with Crippen LogP contribution >= 0.6 is 0 Å². The predicted molar refractivity (Wildman–Crippen MR) is 35.0 cm³/mol. The largest absolute Gasteiger partial charge is 0.548 e. The van der Waals surface area contributed by atoms with E-state index in [9.17, 15) is 19.8 Å². The lowest BCUT2D eigenvalue weighted by molar-refractivity contribution is -0.307. The zero-order valence-electron chi connectivity index (χ0n) is 6.02. The first kappa shape index (κ1) is 8.45. The molecule has 0 N–H and O–H groups in total. The molecule has 1 aliphatic rings. The van der Waals surface area contributed by atoms with Crippen LogP contribution in [0.4, 0.5) is 0 Å². The van der Waals surface area contributed by atoms with Crippen LogP contribution in [0.3, 0.4) is 0 Å². The lowest BCUT2D eigenvalue weighted by Crippen LogP contribution is -2.39. The Hall–Kier alpha value is -1.65. The van der Waals surface area contributed by atoms with Gasteiger partial charge in [0.15, 0.2) is 0 Å². The lowest BCUT2D eigenvalue weighted by Gasteiger charge is -2.16. The van der Waals surface area contributed by atoms with E-state index >= 15 is 0 Å². The minimum atomic E-state index is -1.47. The van der Waals surface area contributed by atoms with Gasteiger partial charge in [0.05, 0.1) is 23.7 Å². The van der Waals surface area contributed by atoms with Crippen LogP contribution in [-0.4, -0.2) is 23.7 Å². The molecule has 0 unspecified atom stereocenters. The monoisotopic (exact) mass is 167 g/mol. The predicted octanol–water partition coefficient (Wildman–Crippen LogP) is -2.74. The van der Waals surface area contributed by atoms with E-state index in [1.54, 1.807) is 0 Å².